The van der Waals surface area contributed by atoms with Gasteiger partial charge in [0.25, 0.3) is 5.91 Å². The first-order valence-corrected chi connectivity index (χ1v) is 14.0. The topological polar surface area (TPSA) is 104 Å². The van der Waals surface area contributed by atoms with Gasteiger partial charge in [-0.1, -0.05) is 29.8 Å². The molecule has 1 unspecified atom stereocenters. The zero-order valence-electron chi connectivity index (χ0n) is 17.9. The normalized spacial score (nSPS) is 20.0. The van der Waals surface area contributed by atoms with Crippen molar-refractivity contribution in [2.24, 2.45) is 0 Å². The molecule has 0 bridgehead atoms. The van der Waals surface area contributed by atoms with Gasteiger partial charge < -0.3 is 9.64 Å². The lowest BCUT2D eigenvalue weighted by atomic mass is 10.2. The summed E-state index contributed by atoms with van der Waals surface area (Å²) in [4.78, 5) is 15.0. The number of anilines is 1. The number of rotatable bonds is 4. The minimum Gasteiger partial charge on any atom is -0.478 e. The molecule has 0 aromatic heterocycles. The van der Waals surface area contributed by atoms with Crippen LogP contribution in [0, 0.1) is 0 Å². The van der Waals surface area contributed by atoms with Crippen molar-refractivity contribution >= 4 is 43.2 Å². The Kier molecular flexibility index (Phi) is 6.59. The largest absolute Gasteiger partial charge is 0.478 e. The van der Waals surface area contributed by atoms with E-state index in [4.69, 9.17) is 16.3 Å². The SMILES string of the molecule is CS(=O)(=O)N1CCC(C(=O)N2CCN(S(=O)(=O)c3ccccc3)CC2)Oc2ccc(Cl)cc21. The fourth-order valence-corrected chi connectivity index (χ4v) is 6.51. The fourth-order valence-electron chi connectivity index (χ4n) is 3.96. The van der Waals surface area contributed by atoms with Crippen LogP contribution in [0.1, 0.15) is 6.42 Å². The molecule has 2 aromatic carbocycles. The molecule has 1 amide bonds. The molecule has 1 fully saturated rings. The molecule has 0 N–H and O–H groups in total. The van der Waals surface area contributed by atoms with Gasteiger partial charge in [0, 0.05) is 44.2 Å². The van der Waals surface area contributed by atoms with E-state index < -0.39 is 26.2 Å². The first kappa shape index (κ1) is 23.8. The molecular weight excluding hydrogens is 490 g/mol. The third-order valence-corrected chi connectivity index (χ3v) is 8.99. The van der Waals surface area contributed by atoms with Gasteiger partial charge in [0.05, 0.1) is 16.8 Å². The lowest BCUT2D eigenvalue weighted by molar-refractivity contribution is -0.140. The number of ether oxygens (including phenoxy) is 1. The van der Waals surface area contributed by atoms with Gasteiger partial charge in [0.15, 0.2) is 6.10 Å². The number of amides is 1. The predicted molar refractivity (Wildman–Crippen MR) is 124 cm³/mol. The Bertz CT molecular complexity index is 1250. The number of hydrogen-bond acceptors (Lipinski definition) is 6. The van der Waals surface area contributed by atoms with E-state index in [1.807, 2.05) is 0 Å². The predicted octanol–water partition coefficient (Wildman–Crippen LogP) is 1.79. The average molecular weight is 514 g/mol. The second-order valence-corrected chi connectivity index (χ2v) is 12.2. The Hall–Kier alpha value is -2.34. The van der Waals surface area contributed by atoms with E-state index in [0.717, 1.165) is 6.26 Å². The van der Waals surface area contributed by atoms with Crippen LogP contribution in [0.5, 0.6) is 5.75 Å². The minimum absolute atomic E-state index is 0.0605. The molecule has 2 heterocycles. The third-order valence-electron chi connectivity index (χ3n) is 5.66. The van der Waals surface area contributed by atoms with Crippen molar-refractivity contribution < 1.29 is 26.4 Å². The molecule has 2 aliphatic heterocycles. The molecule has 1 saturated heterocycles. The lowest BCUT2D eigenvalue weighted by Crippen LogP contribution is -2.53. The molecule has 0 aliphatic carbocycles. The third kappa shape index (κ3) is 4.96. The first-order valence-electron chi connectivity index (χ1n) is 10.4. The summed E-state index contributed by atoms with van der Waals surface area (Å²) in [5.74, 6) is -0.0472. The Morgan fingerprint density at radius 2 is 1.64 bits per heavy atom. The Morgan fingerprint density at radius 3 is 2.27 bits per heavy atom. The van der Waals surface area contributed by atoms with E-state index >= 15 is 0 Å². The van der Waals surface area contributed by atoms with Crippen LogP contribution in [0.25, 0.3) is 0 Å². The van der Waals surface area contributed by atoms with Gasteiger partial charge in [0.2, 0.25) is 20.0 Å². The maximum atomic E-state index is 13.2. The highest BCUT2D eigenvalue weighted by Gasteiger charge is 2.36. The van der Waals surface area contributed by atoms with Crippen LogP contribution in [0.3, 0.4) is 0 Å². The molecule has 1 atom stereocenters. The van der Waals surface area contributed by atoms with Gasteiger partial charge in [-0.25, -0.2) is 16.8 Å². The highest BCUT2D eigenvalue weighted by atomic mass is 35.5. The second-order valence-electron chi connectivity index (χ2n) is 7.88. The first-order chi connectivity index (χ1) is 15.6. The van der Waals surface area contributed by atoms with Crippen LogP contribution >= 0.6 is 11.6 Å². The second kappa shape index (κ2) is 9.13. The van der Waals surface area contributed by atoms with Crippen LogP contribution < -0.4 is 9.04 Å². The number of piperazine rings is 1. The molecule has 2 aromatic rings. The average Bonchev–Trinajstić information content (AvgIpc) is 2.98. The van der Waals surface area contributed by atoms with Gasteiger partial charge >= 0.3 is 0 Å². The molecule has 0 saturated carbocycles. The zero-order chi connectivity index (χ0) is 23.8. The van der Waals surface area contributed by atoms with Crippen LogP contribution in [-0.2, 0) is 24.8 Å². The molecule has 33 heavy (non-hydrogen) atoms. The number of nitrogens with zero attached hydrogens (tertiary/aromatic N) is 3. The molecule has 178 valence electrons. The van der Waals surface area contributed by atoms with Crippen LogP contribution in [-0.4, -0.2) is 77.0 Å². The number of halogens is 1. The number of benzene rings is 2. The van der Waals surface area contributed by atoms with Crippen molar-refractivity contribution in [3.8, 4) is 5.75 Å². The Morgan fingerprint density at radius 1 is 0.970 bits per heavy atom. The van der Waals surface area contributed by atoms with Gasteiger partial charge in [-0.15, -0.1) is 0 Å². The van der Waals surface area contributed by atoms with Crippen molar-refractivity contribution in [2.75, 3.05) is 43.3 Å². The highest BCUT2D eigenvalue weighted by Crippen LogP contribution is 2.36. The summed E-state index contributed by atoms with van der Waals surface area (Å²) >= 11 is 6.05. The standard InChI is InChI=1S/C21H24ClN3O6S2/c1-32(27,28)25-10-9-20(31-19-8-7-16(22)15-18(19)25)21(26)23-11-13-24(14-12-23)33(29,30)17-5-3-2-4-6-17/h2-8,15,20H,9-14H2,1H3. The maximum Gasteiger partial charge on any atom is 0.263 e. The van der Waals surface area contributed by atoms with Crippen molar-refractivity contribution in [3.05, 3.63) is 53.6 Å². The van der Waals surface area contributed by atoms with Gasteiger partial charge in [-0.05, 0) is 30.3 Å². The van der Waals surface area contributed by atoms with Gasteiger partial charge in [-0.2, -0.15) is 4.31 Å². The number of carbonyl (C=O) groups excluding carboxylic acids is 1. The number of carbonyl (C=O) groups is 1. The summed E-state index contributed by atoms with van der Waals surface area (Å²) in [5, 5.41) is 0.353. The summed E-state index contributed by atoms with van der Waals surface area (Å²) < 4.78 is 58.8. The van der Waals surface area contributed by atoms with Crippen molar-refractivity contribution in [2.45, 2.75) is 17.4 Å². The van der Waals surface area contributed by atoms with E-state index in [2.05, 4.69) is 0 Å². The highest BCUT2D eigenvalue weighted by molar-refractivity contribution is 7.92. The van der Waals surface area contributed by atoms with Crippen molar-refractivity contribution in [3.63, 3.8) is 0 Å². The van der Waals surface area contributed by atoms with E-state index in [9.17, 15) is 21.6 Å². The van der Waals surface area contributed by atoms with Crippen molar-refractivity contribution in [1.82, 2.24) is 9.21 Å². The van der Waals surface area contributed by atoms with E-state index in [1.54, 1.807) is 47.4 Å². The fraction of sp³-hybridized carbons (Fsp3) is 0.381. The summed E-state index contributed by atoms with van der Waals surface area (Å²) in [6.07, 6.45) is 0.349. The van der Waals surface area contributed by atoms with Gasteiger partial charge in [0.1, 0.15) is 5.75 Å². The summed E-state index contributed by atoms with van der Waals surface area (Å²) in [6.45, 7) is 0.821. The summed E-state index contributed by atoms with van der Waals surface area (Å²) in [6, 6.07) is 12.8. The summed E-state index contributed by atoms with van der Waals surface area (Å²) in [7, 11) is -7.24. The van der Waals surface area contributed by atoms with Crippen LogP contribution in [0.2, 0.25) is 5.02 Å². The van der Waals surface area contributed by atoms with E-state index in [-0.39, 0.29) is 55.7 Å². The smallest absolute Gasteiger partial charge is 0.263 e. The van der Waals surface area contributed by atoms with E-state index in [0.29, 0.717) is 10.7 Å². The zero-order valence-corrected chi connectivity index (χ0v) is 20.3. The molecule has 9 nitrogen and oxygen atoms in total. The molecule has 12 heteroatoms. The number of hydrogen-bond donors (Lipinski definition) is 0. The summed E-state index contributed by atoms with van der Waals surface area (Å²) in [5.41, 5.74) is 0.291. The monoisotopic (exact) mass is 513 g/mol. The maximum absolute atomic E-state index is 13.2. The van der Waals surface area contributed by atoms with Crippen LogP contribution in [0.15, 0.2) is 53.4 Å². The Balaban J connectivity index is 1.48. The van der Waals surface area contributed by atoms with Crippen LogP contribution in [0.4, 0.5) is 5.69 Å². The molecule has 4 rings (SSSR count). The number of sulfonamides is 2. The molecule has 2 aliphatic rings. The molecule has 0 radical (unpaired) electrons. The molecule has 0 spiro atoms. The quantitative estimate of drug-likeness (QED) is 0.617. The molecular formula is C21H24ClN3O6S2. The van der Waals surface area contributed by atoms with Gasteiger partial charge in [-0.3, -0.25) is 9.10 Å². The van der Waals surface area contributed by atoms with Crippen molar-refractivity contribution in [1.29, 1.82) is 0 Å². The minimum atomic E-state index is -3.63. The van der Waals surface area contributed by atoms with E-state index in [1.165, 1.54) is 14.7 Å². The number of fused-ring (bicyclic) bond motifs is 1. The lowest BCUT2D eigenvalue weighted by Gasteiger charge is -2.35. The Labute approximate surface area is 198 Å².